The molecule has 0 spiro atoms. The van der Waals surface area contributed by atoms with Crippen molar-refractivity contribution >= 4 is 11.7 Å². The number of piperidine rings is 1. The van der Waals surface area contributed by atoms with Gasteiger partial charge in [-0.1, -0.05) is 30.7 Å². The Morgan fingerprint density at radius 1 is 1.08 bits per heavy atom. The number of carbonyl (C=O) groups is 1. The summed E-state index contributed by atoms with van der Waals surface area (Å²) in [5.41, 5.74) is 0.702. The Morgan fingerprint density at radius 3 is 2.46 bits per heavy atom. The van der Waals surface area contributed by atoms with E-state index in [1.165, 1.54) is 19.3 Å². The first-order valence-electron chi connectivity index (χ1n) is 8.77. The van der Waals surface area contributed by atoms with Gasteiger partial charge < -0.3 is 4.90 Å². The van der Waals surface area contributed by atoms with Crippen molar-refractivity contribution in [2.45, 2.75) is 32.2 Å². The molecule has 2 aromatic rings. The van der Waals surface area contributed by atoms with Crippen LogP contribution >= 0.6 is 0 Å². The van der Waals surface area contributed by atoms with Crippen molar-refractivity contribution in [1.82, 2.24) is 9.88 Å². The van der Waals surface area contributed by atoms with Crippen molar-refractivity contribution in [3.8, 4) is 0 Å². The molecule has 0 saturated carbocycles. The molecule has 0 bridgehead atoms. The van der Waals surface area contributed by atoms with Crippen molar-refractivity contribution in [2.75, 3.05) is 24.5 Å². The summed E-state index contributed by atoms with van der Waals surface area (Å²) in [6.07, 6.45) is 5.57. The van der Waals surface area contributed by atoms with Crippen LogP contribution in [0.2, 0.25) is 0 Å². The van der Waals surface area contributed by atoms with Gasteiger partial charge in [-0.3, -0.25) is 9.69 Å². The summed E-state index contributed by atoms with van der Waals surface area (Å²) < 4.78 is 0. The molecule has 126 valence electrons. The largest absolute Gasteiger partial charge is 0.301 e. The molecule has 1 saturated heterocycles. The van der Waals surface area contributed by atoms with Gasteiger partial charge in [0.25, 0.3) is 5.91 Å². The molecule has 0 aliphatic carbocycles. The number of nitrogens with zero attached hydrogens (tertiary/aromatic N) is 3. The van der Waals surface area contributed by atoms with E-state index in [1.807, 2.05) is 53.4 Å². The number of amides is 1. The Morgan fingerprint density at radius 2 is 1.79 bits per heavy atom. The Kier molecular flexibility index (Phi) is 5.59. The highest BCUT2D eigenvalue weighted by Crippen LogP contribution is 2.19. The monoisotopic (exact) mass is 323 g/mol. The second kappa shape index (κ2) is 8.06. The van der Waals surface area contributed by atoms with E-state index in [0.717, 1.165) is 25.5 Å². The number of aromatic nitrogens is 1. The van der Waals surface area contributed by atoms with Crippen molar-refractivity contribution in [2.24, 2.45) is 0 Å². The van der Waals surface area contributed by atoms with E-state index in [4.69, 9.17) is 0 Å². The fourth-order valence-corrected chi connectivity index (χ4v) is 3.34. The van der Waals surface area contributed by atoms with Crippen molar-refractivity contribution in [3.05, 3.63) is 60.3 Å². The number of likely N-dealkylation sites (tertiary alicyclic amines) is 1. The molecule has 3 rings (SSSR count). The van der Waals surface area contributed by atoms with E-state index in [0.29, 0.717) is 5.56 Å². The first kappa shape index (κ1) is 16.7. The number of rotatable bonds is 5. The quantitative estimate of drug-likeness (QED) is 0.843. The topological polar surface area (TPSA) is 36.4 Å². The molecule has 0 radical (unpaired) electrons. The maximum Gasteiger partial charge on any atom is 0.259 e. The highest BCUT2D eigenvalue weighted by molar-refractivity contribution is 6.05. The molecular formula is C20H25N3O. The lowest BCUT2D eigenvalue weighted by atomic mass is 10.1. The molecule has 4 heteroatoms. The molecule has 2 heterocycles. The number of carbonyl (C=O) groups excluding carboxylic acids is 1. The SMILES string of the molecule is CC(CN1CCCCC1)N(C(=O)c1ccccc1)c1ccccn1. The van der Waals surface area contributed by atoms with Crippen LogP contribution in [0, 0.1) is 0 Å². The Bertz CT molecular complexity index is 638. The van der Waals surface area contributed by atoms with Gasteiger partial charge in [0.15, 0.2) is 0 Å². The molecule has 24 heavy (non-hydrogen) atoms. The maximum atomic E-state index is 13.1. The fourth-order valence-electron chi connectivity index (χ4n) is 3.34. The molecule has 1 unspecified atom stereocenters. The summed E-state index contributed by atoms with van der Waals surface area (Å²) in [4.78, 5) is 21.8. The van der Waals surface area contributed by atoms with Gasteiger partial charge in [-0.25, -0.2) is 4.98 Å². The van der Waals surface area contributed by atoms with Crippen molar-refractivity contribution in [3.63, 3.8) is 0 Å². The van der Waals surface area contributed by atoms with Crippen LogP contribution in [0.15, 0.2) is 54.7 Å². The third-order valence-corrected chi connectivity index (χ3v) is 4.55. The highest BCUT2D eigenvalue weighted by atomic mass is 16.2. The molecule has 1 fully saturated rings. The van der Waals surface area contributed by atoms with Crippen LogP contribution in [-0.4, -0.2) is 41.5 Å². The molecule has 1 aromatic carbocycles. The highest BCUT2D eigenvalue weighted by Gasteiger charge is 2.26. The van der Waals surface area contributed by atoms with Crippen LogP contribution in [-0.2, 0) is 0 Å². The van der Waals surface area contributed by atoms with E-state index in [-0.39, 0.29) is 11.9 Å². The van der Waals surface area contributed by atoms with Gasteiger partial charge in [-0.15, -0.1) is 0 Å². The minimum atomic E-state index is 0.0128. The zero-order valence-electron chi connectivity index (χ0n) is 14.3. The molecule has 4 nitrogen and oxygen atoms in total. The lowest BCUT2D eigenvalue weighted by molar-refractivity contribution is 0.0968. The second-order valence-electron chi connectivity index (χ2n) is 6.44. The Balaban J connectivity index is 1.83. The molecule has 1 aromatic heterocycles. The van der Waals surface area contributed by atoms with Crippen LogP contribution in [0.4, 0.5) is 5.82 Å². The normalized spacial score (nSPS) is 16.5. The van der Waals surface area contributed by atoms with Gasteiger partial charge in [0.05, 0.1) is 0 Å². The van der Waals surface area contributed by atoms with Crippen LogP contribution in [0.5, 0.6) is 0 Å². The summed E-state index contributed by atoms with van der Waals surface area (Å²) >= 11 is 0. The van der Waals surface area contributed by atoms with Gasteiger partial charge in [0.2, 0.25) is 0 Å². The van der Waals surface area contributed by atoms with E-state index in [2.05, 4.69) is 16.8 Å². The van der Waals surface area contributed by atoms with E-state index < -0.39 is 0 Å². The Labute approximate surface area is 144 Å². The van der Waals surface area contributed by atoms with Crippen LogP contribution in [0.3, 0.4) is 0 Å². The third kappa shape index (κ3) is 4.01. The van der Waals surface area contributed by atoms with E-state index in [1.54, 1.807) is 6.20 Å². The summed E-state index contributed by atoms with van der Waals surface area (Å²) in [7, 11) is 0. The van der Waals surface area contributed by atoms with Crippen molar-refractivity contribution < 1.29 is 4.79 Å². The van der Waals surface area contributed by atoms with Gasteiger partial charge in [-0.2, -0.15) is 0 Å². The smallest absolute Gasteiger partial charge is 0.259 e. The predicted molar refractivity (Wildman–Crippen MR) is 97.2 cm³/mol. The van der Waals surface area contributed by atoms with E-state index in [9.17, 15) is 4.79 Å². The predicted octanol–water partition coefficient (Wildman–Crippen LogP) is 3.60. The number of hydrogen-bond donors (Lipinski definition) is 0. The lowest BCUT2D eigenvalue weighted by Crippen LogP contribution is -2.47. The van der Waals surface area contributed by atoms with E-state index >= 15 is 0 Å². The molecular weight excluding hydrogens is 298 g/mol. The number of benzene rings is 1. The van der Waals surface area contributed by atoms with Gasteiger partial charge in [0, 0.05) is 24.3 Å². The molecule has 1 atom stereocenters. The second-order valence-corrected chi connectivity index (χ2v) is 6.44. The van der Waals surface area contributed by atoms with Gasteiger partial charge >= 0.3 is 0 Å². The molecule has 1 amide bonds. The van der Waals surface area contributed by atoms with Gasteiger partial charge in [0.1, 0.15) is 5.82 Å². The van der Waals surface area contributed by atoms with Crippen LogP contribution in [0.25, 0.3) is 0 Å². The fraction of sp³-hybridized carbons (Fsp3) is 0.400. The number of hydrogen-bond acceptors (Lipinski definition) is 3. The Hall–Kier alpha value is -2.20. The maximum absolute atomic E-state index is 13.1. The zero-order valence-corrected chi connectivity index (χ0v) is 14.3. The average molecular weight is 323 g/mol. The van der Waals surface area contributed by atoms with Crippen LogP contribution in [0.1, 0.15) is 36.5 Å². The molecule has 0 N–H and O–H groups in total. The molecule has 1 aliphatic rings. The first-order valence-corrected chi connectivity index (χ1v) is 8.77. The summed E-state index contributed by atoms with van der Waals surface area (Å²) in [5.74, 6) is 0.731. The number of pyridine rings is 1. The lowest BCUT2D eigenvalue weighted by Gasteiger charge is -2.34. The summed E-state index contributed by atoms with van der Waals surface area (Å²) in [5, 5.41) is 0. The van der Waals surface area contributed by atoms with Gasteiger partial charge in [-0.05, 0) is 57.1 Å². The summed E-state index contributed by atoms with van der Waals surface area (Å²) in [6.45, 7) is 5.25. The number of anilines is 1. The van der Waals surface area contributed by atoms with Crippen molar-refractivity contribution in [1.29, 1.82) is 0 Å². The standard InChI is InChI=1S/C20H25N3O/c1-17(16-22-14-8-3-9-15-22)23(19-12-6-7-13-21-19)20(24)18-10-4-2-5-11-18/h2,4-7,10-13,17H,3,8-9,14-16H2,1H3. The zero-order chi connectivity index (χ0) is 16.8. The summed E-state index contributed by atoms with van der Waals surface area (Å²) in [6, 6.07) is 15.3. The third-order valence-electron chi connectivity index (χ3n) is 4.55. The minimum Gasteiger partial charge on any atom is -0.301 e. The van der Waals surface area contributed by atoms with Crippen LogP contribution < -0.4 is 4.90 Å². The minimum absolute atomic E-state index is 0.0128. The molecule has 1 aliphatic heterocycles. The average Bonchev–Trinajstić information content (AvgIpc) is 2.64. The first-order chi connectivity index (χ1) is 11.8.